The van der Waals surface area contributed by atoms with Crippen molar-refractivity contribution in [1.29, 1.82) is 0 Å². The minimum Gasteiger partial charge on any atom is -0.332 e. The predicted octanol–water partition coefficient (Wildman–Crippen LogP) is 3.51. The molecular weight excluding hydrogens is 242 g/mol. The molecule has 1 aromatic heterocycles. The minimum atomic E-state index is 0.539. The Hall–Kier alpha value is -1.94. The second-order valence-corrected chi connectivity index (χ2v) is 4.52. The van der Waals surface area contributed by atoms with Crippen LogP contribution in [0.4, 0.5) is 11.5 Å². The van der Waals surface area contributed by atoms with Crippen LogP contribution >= 0.6 is 12.2 Å². The Morgan fingerprint density at radius 2 is 1.72 bits per heavy atom. The lowest BCUT2D eigenvalue weighted by atomic mass is 10.2. The summed E-state index contributed by atoms with van der Waals surface area (Å²) in [5.74, 6) is 0.750. The largest absolute Gasteiger partial charge is 0.332 e. The van der Waals surface area contributed by atoms with Gasteiger partial charge in [0.15, 0.2) is 5.11 Å². The summed E-state index contributed by atoms with van der Waals surface area (Å²) in [5.41, 5.74) is 3.14. The van der Waals surface area contributed by atoms with Crippen LogP contribution in [0.1, 0.15) is 11.3 Å². The molecule has 2 rings (SSSR count). The highest BCUT2D eigenvalue weighted by molar-refractivity contribution is 7.80. The summed E-state index contributed by atoms with van der Waals surface area (Å²) in [5, 5.41) is 6.71. The van der Waals surface area contributed by atoms with Crippen molar-refractivity contribution in [3.63, 3.8) is 0 Å². The van der Waals surface area contributed by atoms with E-state index in [0.29, 0.717) is 5.11 Å². The van der Waals surface area contributed by atoms with E-state index in [-0.39, 0.29) is 0 Å². The number of hydrogen-bond acceptors (Lipinski definition) is 2. The summed E-state index contributed by atoms with van der Waals surface area (Å²) in [6.45, 7) is 4.00. The molecule has 4 heteroatoms. The van der Waals surface area contributed by atoms with Crippen LogP contribution in [0.25, 0.3) is 0 Å². The van der Waals surface area contributed by atoms with Gasteiger partial charge in [0.25, 0.3) is 0 Å². The number of anilines is 2. The molecule has 0 bridgehead atoms. The summed E-state index contributed by atoms with van der Waals surface area (Å²) >= 11 is 5.23. The molecule has 2 aromatic rings. The maximum absolute atomic E-state index is 5.23. The van der Waals surface area contributed by atoms with Gasteiger partial charge in [-0.25, -0.2) is 4.98 Å². The fraction of sp³-hybridized carbons (Fsp3) is 0.143. The lowest BCUT2D eigenvalue weighted by molar-refractivity contribution is 1.20. The zero-order valence-electron chi connectivity index (χ0n) is 10.4. The molecular formula is C14H15N3S. The second-order valence-electron chi connectivity index (χ2n) is 4.11. The van der Waals surface area contributed by atoms with Crippen molar-refractivity contribution in [1.82, 2.24) is 4.98 Å². The summed E-state index contributed by atoms with van der Waals surface area (Å²) in [6, 6.07) is 13.8. The third-order valence-electron chi connectivity index (χ3n) is 2.44. The third-order valence-corrected chi connectivity index (χ3v) is 2.64. The van der Waals surface area contributed by atoms with Gasteiger partial charge < -0.3 is 10.6 Å². The summed E-state index contributed by atoms with van der Waals surface area (Å²) < 4.78 is 0. The van der Waals surface area contributed by atoms with Crippen molar-refractivity contribution in [3.8, 4) is 0 Å². The Balaban J connectivity index is 1.98. The maximum atomic E-state index is 5.23. The van der Waals surface area contributed by atoms with E-state index < -0.39 is 0 Å². The summed E-state index contributed by atoms with van der Waals surface area (Å²) in [7, 11) is 0. The van der Waals surface area contributed by atoms with E-state index in [1.54, 1.807) is 0 Å². The first kappa shape index (κ1) is 12.5. The van der Waals surface area contributed by atoms with Crippen LogP contribution in [-0.4, -0.2) is 10.1 Å². The average Bonchev–Trinajstić information content (AvgIpc) is 2.32. The van der Waals surface area contributed by atoms with Gasteiger partial charge in [-0.2, -0.15) is 0 Å². The number of hydrogen-bond donors (Lipinski definition) is 2. The fourth-order valence-electron chi connectivity index (χ4n) is 1.53. The molecule has 0 saturated heterocycles. The van der Waals surface area contributed by atoms with E-state index in [2.05, 4.69) is 22.5 Å². The Morgan fingerprint density at radius 3 is 2.39 bits per heavy atom. The molecule has 18 heavy (non-hydrogen) atoms. The van der Waals surface area contributed by atoms with E-state index in [9.17, 15) is 0 Å². The quantitative estimate of drug-likeness (QED) is 0.807. The Morgan fingerprint density at radius 1 is 1.00 bits per heavy atom. The molecule has 0 spiro atoms. The SMILES string of the molecule is Cc1ccc(NC(=S)Nc2cccc(C)n2)cc1. The van der Waals surface area contributed by atoms with Crippen LogP contribution < -0.4 is 10.6 Å². The minimum absolute atomic E-state index is 0.539. The van der Waals surface area contributed by atoms with Crippen molar-refractivity contribution in [2.24, 2.45) is 0 Å². The molecule has 0 unspecified atom stereocenters. The van der Waals surface area contributed by atoms with E-state index in [1.807, 2.05) is 49.4 Å². The smallest absolute Gasteiger partial charge is 0.176 e. The van der Waals surface area contributed by atoms with Crippen molar-refractivity contribution in [2.75, 3.05) is 10.6 Å². The van der Waals surface area contributed by atoms with Gasteiger partial charge in [-0.15, -0.1) is 0 Å². The number of benzene rings is 1. The average molecular weight is 257 g/mol. The van der Waals surface area contributed by atoms with Crippen molar-refractivity contribution in [2.45, 2.75) is 13.8 Å². The maximum Gasteiger partial charge on any atom is 0.176 e. The predicted molar refractivity (Wildman–Crippen MR) is 80.0 cm³/mol. The number of aryl methyl sites for hydroxylation is 2. The molecule has 0 amide bonds. The topological polar surface area (TPSA) is 37.0 Å². The molecule has 92 valence electrons. The molecule has 1 heterocycles. The van der Waals surface area contributed by atoms with Crippen LogP contribution in [-0.2, 0) is 0 Å². The van der Waals surface area contributed by atoms with Crippen molar-refractivity contribution in [3.05, 3.63) is 53.7 Å². The zero-order valence-corrected chi connectivity index (χ0v) is 11.2. The van der Waals surface area contributed by atoms with E-state index in [1.165, 1.54) is 5.56 Å². The molecule has 2 N–H and O–H groups in total. The van der Waals surface area contributed by atoms with Gasteiger partial charge in [0.1, 0.15) is 5.82 Å². The van der Waals surface area contributed by atoms with Crippen LogP contribution in [0.5, 0.6) is 0 Å². The van der Waals surface area contributed by atoms with Crippen LogP contribution in [0, 0.1) is 13.8 Å². The first-order valence-corrected chi connectivity index (χ1v) is 6.12. The molecule has 0 fully saturated rings. The van der Waals surface area contributed by atoms with Gasteiger partial charge in [0.2, 0.25) is 0 Å². The van der Waals surface area contributed by atoms with E-state index in [4.69, 9.17) is 12.2 Å². The Kier molecular flexibility index (Phi) is 3.89. The highest BCUT2D eigenvalue weighted by atomic mass is 32.1. The molecule has 0 atom stereocenters. The van der Waals surface area contributed by atoms with Gasteiger partial charge in [0, 0.05) is 11.4 Å². The van der Waals surface area contributed by atoms with Crippen LogP contribution in [0.15, 0.2) is 42.5 Å². The number of nitrogens with zero attached hydrogens (tertiary/aromatic N) is 1. The van der Waals surface area contributed by atoms with Gasteiger partial charge in [-0.1, -0.05) is 23.8 Å². The highest BCUT2D eigenvalue weighted by Gasteiger charge is 1.99. The van der Waals surface area contributed by atoms with Gasteiger partial charge >= 0.3 is 0 Å². The number of aromatic nitrogens is 1. The highest BCUT2D eigenvalue weighted by Crippen LogP contribution is 2.10. The molecule has 0 radical (unpaired) electrons. The first-order chi connectivity index (χ1) is 8.63. The van der Waals surface area contributed by atoms with Gasteiger partial charge in [0.05, 0.1) is 0 Å². The first-order valence-electron chi connectivity index (χ1n) is 5.72. The molecule has 0 aliphatic rings. The molecule has 0 saturated carbocycles. The van der Waals surface area contributed by atoms with E-state index >= 15 is 0 Å². The summed E-state index contributed by atoms with van der Waals surface area (Å²) in [4.78, 5) is 4.33. The molecule has 1 aromatic carbocycles. The summed E-state index contributed by atoms with van der Waals surface area (Å²) in [6.07, 6.45) is 0. The Labute approximate surface area is 112 Å². The van der Waals surface area contributed by atoms with Gasteiger partial charge in [-0.3, -0.25) is 0 Å². The van der Waals surface area contributed by atoms with Crippen molar-refractivity contribution < 1.29 is 0 Å². The number of rotatable bonds is 2. The number of thiocarbonyl (C=S) groups is 1. The molecule has 0 aliphatic heterocycles. The van der Waals surface area contributed by atoms with Crippen molar-refractivity contribution >= 4 is 28.8 Å². The van der Waals surface area contributed by atoms with Crippen LogP contribution in [0.3, 0.4) is 0 Å². The lowest BCUT2D eigenvalue weighted by Crippen LogP contribution is -2.19. The number of pyridine rings is 1. The third kappa shape index (κ3) is 3.53. The monoisotopic (exact) mass is 257 g/mol. The second kappa shape index (κ2) is 5.60. The molecule has 3 nitrogen and oxygen atoms in total. The lowest BCUT2D eigenvalue weighted by Gasteiger charge is -2.10. The normalized spacial score (nSPS) is 9.89. The fourth-order valence-corrected chi connectivity index (χ4v) is 1.75. The van der Waals surface area contributed by atoms with E-state index in [0.717, 1.165) is 17.2 Å². The van der Waals surface area contributed by atoms with Gasteiger partial charge in [-0.05, 0) is 50.3 Å². The molecule has 0 aliphatic carbocycles. The zero-order chi connectivity index (χ0) is 13.0. The number of nitrogens with one attached hydrogen (secondary N) is 2. The standard InChI is InChI=1S/C14H15N3S/c1-10-6-8-12(9-7-10)16-14(18)17-13-5-3-4-11(2)15-13/h3-9H,1-2H3,(H2,15,16,17,18). The Bertz CT molecular complexity index is 549. The van der Waals surface area contributed by atoms with Crippen LogP contribution in [0.2, 0.25) is 0 Å².